The summed E-state index contributed by atoms with van der Waals surface area (Å²) in [5.41, 5.74) is 5.17. The zero-order valence-electron chi connectivity index (χ0n) is 14.3. The molecule has 0 radical (unpaired) electrons. The molecule has 0 N–H and O–H groups in total. The number of para-hydroxylation sites is 2. The van der Waals surface area contributed by atoms with Crippen molar-refractivity contribution >= 4 is 55.3 Å². The van der Waals surface area contributed by atoms with Crippen molar-refractivity contribution in [3.05, 3.63) is 90.0 Å². The van der Waals surface area contributed by atoms with E-state index in [9.17, 15) is 0 Å². The average molecular weight is 368 g/mol. The quantitative estimate of drug-likeness (QED) is 0.297. The van der Waals surface area contributed by atoms with E-state index in [1.165, 1.54) is 16.3 Å². The molecule has 6 aromatic rings. The second-order valence-electron chi connectivity index (χ2n) is 6.80. The van der Waals surface area contributed by atoms with E-state index in [-0.39, 0.29) is 0 Å². The van der Waals surface area contributed by atoms with Gasteiger partial charge in [0.05, 0.1) is 11.0 Å². The fourth-order valence-electron chi connectivity index (χ4n) is 4.07. The van der Waals surface area contributed by atoms with Crippen molar-refractivity contribution in [1.29, 1.82) is 0 Å². The highest BCUT2D eigenvalue weighted by atomic mass is 35.5. The number of nitrogens with zero attached hydrogens (tertiary/aromatic N) is 1. The summed E-state index contributed by atoms with van der Waals surface area (Å²) < 4.78 is 8.43. The summed E-state index contributed by atoms with van der Waals surface area (Å²) in [6.07, 6.45) is 0. The number of furan rings is 1. The smallest absolute Gasteiger partial charge is 0.137 e. The van der Waals surface area contributed by atoms with Gasteiger partial charge in [-0.15, -0.1) is 0 Å². The third kappa shape index (κ3) is 2.08. The highest BCUT2D eigenvalue weighted by Gasteiger charge is 2.16. The average Bonchev–Trinajstić information content (AvgIpc) is 3.21. The first-order chi connectivity index (χ1) is 13.3. The van der Waals surface area contributed by atoms with E-state index >= 15 is 0 Å². The van der Waals surface area contributed by atoms with Crippen LogP contribution in [-0.4, -0.2) is 4.57 Å². The Morgan fingerprint density at radius 2 is 1.37 bits per heavy atom. The van der Waals surface area contributed by atoms with Crippen LogP contribution in [0.1, 0.15) is 0 Å². The van der Waals surface area contributed by atoms with Crippen LogP contribution in [0.3, 0.4) is 0 Å². The molecule has 0 bridgehead atoms. The summed E-state index contributed by atoms with van der Waals surface area (Å²) in [7, 11) is 0. The lowest BCUT2D eigenvalue weighted by Crippen LogP contribution is -1.92. The predicted octanol–water partition coefficient (Wildman–Crippen LogP) is 7.34. The molecule has 27 heavy (non-hydrogen) atoms. The molecule has 0 amide bonds. The minimum Gasteiger partial charge on any atom is -0.456 e. The number of fused-ring (bicyclic) bond motifs is 6. The van der Waals surface area contributed by atoms with Crippen molar-refractivity contribution in [2.75, 3.05) is 0 Å². The Morgan fingerprint density at radius 1 is 0.593 bits per heavy atom. The van der Waals surface area contributed by atoms with Gasteiger partial charge < -0.3 is 8.98 Å². The Kier molecular flexibility index (Phi) is 2.97. The molecule has 0 aliphatic carbocycles. The summed E-state index contributed by atoms with van der Waals surface area (Å²) >= 11 is 6.15. The standard InChI is InChI=1S/C24H14ClNO/c25-15-10-11-18-20-13-19-17-8-4-5-9-21(17)26(16-6-2-1-3-7-16)22(19)14-24(20)27-23(18)12-15/h1-14H. The Bertz CT molecular complexity index is 1470. The lowest BCUT2D eigenvalue weighted by molar-refractivity contribution is 0.669. The second-order valence-corrected chi connectivity index (χ2v) is 7.23. The van der Waals surface area contributed by atoms with Crippen LogP contribution in [0, 0.1) is 0 Å². The number of hydrogen-bond donors (Lipinski definition) is 0. The van der Waals surface area contributed by atoms with E-state index in [4.69, 9.17) is 16.0 Å². The Labute approximate surface area is 160 Å². The largest absolute Gasteiger partial charge is 0.456 e. The van der Waals surface area contributed by atoms with Crippen LogP contribution in [0.2, 0.25) is 5.02 Å². The number of aromatic nitrogens is 1. The second kappa shape index (κ2) is 5.38. The molecule has 3 heteroatoms. The molecule has 4 aromatic carbocycles. The third-order valence-electron chi connectivity index (χ3n) is 5.24. The van der Waals surface area contributed by atoms with Crippen LogP contribution in [0.15, 0.2) is 89.3 Å². The molecular formula is C24H14ClNO. The Balaban J connectivity index is 1.82. The molecule has 2 nitrogen and oxygen atoms in total. The summed E-state index contributed by atoms with van der Waals surface area (Å²) in [5.74, 6) is 0. The molecule has 6 rings (SSSR count). The summed E-state index contributed by atoms with van der Waals surface area (Å²) in [6.45, 7) is 0. The number of halogens is 1. The van der Waals surface area contributed by atoms with Gasteiger partial charge in [-0.1, -0.05) is 48.0 Å². The number of rotatable bonds is 1. The van der Waals surface area contributed by atoms with Gasteiger partial charge >= 0.3 is 0 Å². The first-order valence-electron chi connectivity index (χ1n) is 8.90. The molecule has 0 unspecified atom stereocenters. The monoisotopic (exact) mass is 367 g/mol. The van der Waals surface area contributed by atoms with E-state index < -0.39 is 0 Å². The maximum atomic E-state index is 6.15. The minimum absolute atomic E-state index is 0.686. The maximum absolute atomic E-state index is 6.15. The predicted molar refractivity (Wildman–Crippen MR) is 113 cm³/mol. The number of benzene rings is 4. The summed E-state index contributed by atoms with van der Waals surface area (Å²) in [6, 6.07) is 29.2. The number of hydrogen-bond acceptors (Lipinski definition) is 1. The van der Waals surface area contributed by atoms with Gasteiger partial charge in [0.25, 0.3) is 0 Å². The van der Waals surface area contributed by atoms with Gasteiger partial charge in [0, 0.05) is 44.4 Å². The molecule has 0 aliphatic heterocycles. The van der Waals surface area contributed by atoms with E-state index in [1.54, 1.807) is 0 Å². The zero-order chi connectivity index (χ0) is 18.0. The van der Waals surface area contributed by atoms with Crippen molar-refractivity contribution in [1.82, 2.24) is 4.57 Å². The topological polar surface area (TPSA) is 18.1 Å². The first-order valence-corrected chi connectivity index (χ1v) is 9.28. The van der Waals surface area contributed by atoms with Gasteiger partial charge in [0.1, 0.15) is 11.2 Å². The highest BCUT2D eigenvalue weighted by Crippen LogP contribution is 2.38. The molecule has 128 valence electrons. The normalized spacial score (nSPS) is 11.9. The minimum atomic E-state index is 0.686. The lowest BCUT2D eigenvalue weighted by Gasteiger charge is -2.07. The van der Waals surface area contributed by atoms with Gasteiger partial charge in [-0.3, -0.25) is 0 Å². The van der Waals surface area contributed by atoms with Gasteiger partial charge in [-0.25, -0.2) is 0 Å². The molecule has 0 atom stereocenters. The van der Waals surface area contributed by atoms with Crippen molar-refractivity contribution in [2.24, 2.45) is 0 Å². The fraction of sp³-hybridized carbons (Fsp3) is 0. The molecule has 0 fully saturated rings. The van der Waals surface area contributed by atoms with Crippen molar-refractivity contribution in [2.45, 2.75) is 0 Å². The van der Waals surface area contributed by atoms with Crippen LogP contribution in [-0.2, 0) is 0 Å². The van der Waals surface area contributed by atoms with E-state index in [0.29, 0.717) is 5.02 Å². The SMILES string of the molecule is Clc1ccc2c(c1)oc1cc3c(cc12)c1ccccc1n3-c1ccccc1. The molecule has 2 aromatic heterocycles. The van der Waals surface area contributed by atoms with Crippen LogP contribution >= 0.6 is 11.6 Å². The van der Waals surface area contributed by atoms with Crippen LogP contribution in [0.5, 0.6) is 0 Å². The molecule has 0 spiro atoms. The van der Waals surface area contributed by atoms with Crippen LogP contribution in [0.4, 0.5) is 0 Å². The summed E-state index contributed by atoms with van der Waals surface area (Å²) in [4.78, 5) is 0. The van der Waals surface area contributed by atoms with Gasteiger partial charge in [-0.05, 0) is 36.4 Å². The molecule has 0 saturated heterocycles. The van der Waals surface area contributed by atoms with E-state index in [2.05, 4.69) is 65.2 Å². The van der Waals surface area contributed by atoms with Crippen molar-refractivity contribution in [3.63, 3.8) is 0 Å². The molecular weight excluding hydrogens is 354 g/mol. The van der Waals surface area contributed by atoms with Gasteiger partial charge in [-0.2, -0.15) is 0 Å². The van der Waals surface area contributed by atoms with Gasteiger partial charge in [0.2, 0.25) is 0 Å². The zero-order valence-corrected chi connectivity index (χ0v) is 15.1. The summed E-state index contributed by atoms with van der Waals surface area (Å²) in [5, 5.41) is 5.35. The van der Waals surface area contributed by atoms with E-state index in [1.807, 2.05) is 24.3 Å². The molecule has 2 heterocycles. The third-order valence-corrected chi connectivity index (χ3v) is 5.48. The van der Waals surface area contributed by atoms with E-state index in [0.717, 1.165) is 33.1 Å². The van der Waals surface area contributed by atoms with Gasteiger partial charge in [0.15, 0.2) is 0 Å². The maximum Gasteiger partial charge on any atom is 0.137 e. The first kappa shape index (κ1) is 14.9. The van der Waals surface area contributed by atoms with Crippen molar-refractivity contribution in [3.8, 4) is 5.69 Å². The lowest BCUT2D eigenvalue weighted by atomic mass is 10.1. The van der Waals surface area contributed by atoms with Crippen molar-refractivity contribution < 1.29 is 4.42 Å². The fourth-order valence-corrected chi connectivity index (χ4v) is 4.23. The highest BCUT2D eigenvalue weighted by molar-refractivity contribution is 6.31. The molecule has 0 saturated carbocycles. The Hall–Kier alpha value is -3.23. The Morgan fingerprint density at radius 3 is 2.26 bits per heavy atom. The molecule has 0 aliphatic rings. The van der Waals surface area contributed by atoms with Crippen LogP contribution in [0.25, 0.3) is 49.4 Å². The van der Waals surface area contributed by atoms with Crippen LogP contribution < -0.4 is 0 Å².